The van der Waals surface area contributed by atoms with Crippen molar-refractivity contribution in [1.29, 1.82) is 0 Å². The van der Waals surface area contributed by atoms with E-state index in [1.54, 1.807) is 0 Å². The summed E-state index contributed by atoms with van der Waals surface area (Å²) in [6.07, 6.45) is 34.5. The summed E-state index contributed by atoms with van der Waals surface area (Å²) in [5.74, 6) is 2.23. The molecule has 4 N–H and O–H groups in total. The van der Waals surface area contributed by atoms with Crippen LogP contribution in [-0.4, -0.2) is 39.9 Å². The Morgan fingerprint density at radius 1 is 0.214 bits per heavy atom. The second-order valence-corrected chi connectivity index (χ2v) is 36.2. The second kappa shape index (κ2) is 31.2. The molecule has 10 heterocycles. The van der Waals surface area contributed by atoms with Crippen LogP contribution in [-0.2, 0) is 38.7 Å². The van der Waals surface area contributed by atoms with Gasteiger partial charge in [0.25, 0.3) is 0 Å². The minimum absolute atomic E-state index is 0. The minimum atomic E-state index is 0. The summed E-state index contributed by atoms with van der Waals surface area (Å²) < 4.78 is 0. The zero-order chi connectivity index (χ0) is 81.0. The quantitative estimate of drug-likeness (QED) is 0.113. The van der Waals surface area contributed by atoms with E-state index in [1.165, 1.54) is 66.8 Å². The average Bonchev–Trinajstić information content (AvgIpc) is 1.62. The first-order chi connectivity index (χ1) is 55.4. The van der Waals surface area contributed by atoms with Gasteiger partial charge in [-0.2, -0.15) is 0 Å². The van der Waals surface area contributed by atoms with Crippen LogP contribution in [0.4, 0.5) is 0 Å². The van der Waals surface area contributed by atoms with Crippen molar-refractivity contribution in [2.45, 2.75) is 146 Å². The number of aromatic nitrogens is 8. The number of aryl methyl sites for hydroxylation is 6. The van der Waals surface area contributed by atoms with Crippen molar-refractivity contribution in [2.75, 3.05) is 0 Å². The molecule has 0 unspecified atom stereocenters. The van der Waals surface area contributed by atoms with Gasteiger partial charge >= 0.3 is 17.1 Å². The average molecular weight is 1570 g/mol. The second-order valence-electron chi connectivity index (χ2n) is 36.2. The molecule has 9 heteroatoms. The van der Waals surface area contributed by atoms with Gasteiger partial charge in [0.15, 0.2) is 0 Å². The molecule has 0 amide bonds. The van der Waals surface area contributed by atoms with Crippen LogP contribution >= 0.6 is 0 Å². The summed E-state index contributed by atoms with van der Waals surface area (Å²) in [7, 11) is 0. The van der Waals surface area contributed by atoms with Gasteiger partial charge in [0.2, 0.25) is 0 Å². The molecule has 2 saturated carbocycles. The van der Waals surface area contributed by atoms with Gasteiger partial charge in [0.1, 0.15) is 0 Å². The van der Waals surface area contributed by atoms with Gasteiger partial charge in [-0.15, -0.1) is 0 Å². The minimum Gasteiger partial charge on any atom is -0.355 e. The molecule has 10 radical (unpaired) electrons. The maximum absolute atomic E-state index is 5.55. The van der Waals surface area contributed by atoms with Crippen molar-refractivity contribution in [3.63, 3.8) is 0 Å². The molecule has 0 atom stereocenters. The van der Waals surface area contributed by atoms with Gasteiger partial charge in [0.05, 0.1) is 45.6 Å². The van der Waals surface area contributed by atoms with Gasteiger partial charge in [-0.1, -0.05) is 216 Å². The molecule has 2 fully saturated rings. The predicted octanol–water partition coefficient (Wildman–Crippen LogP) is 27.9. The summed E-state index contributed by atoms with van der Waals surface area (Å²) >= 11 is 0. The van der Waals surface area contributed by atoms with Crippen molar-refractivity contribution in [3.8, 4) is 66.8 Å². The molecule has 8 nitrogen and oxygen atoms in total. The summed E-state index contributed by atoms with van der Waals surface area (Å²) in [5, 5.41) is 0. The molecule has 4 aliphatic heterocycles. The van der Waals surface area contributed by atoms with Crippen LogP contribution in [0.3, 0.4) is 0 Å². The molecular formula is C108H102FeN8+2. The molecule has 2 aliphatic carbocycles. The van der Waals surface area contributed by atoms with E-state index in [1.807, 2.05) is 0 Å². The number of fused-ring (bicyclic) bond motifs is 16. The van der Waals surface area contributed by atoms with Gasteiger partial charge < -0.3 is 19.9 Å². The molecule has 0 spiro atoms. The third-order valence-corrected chi connectivity index (χ3v) is 23.4. The number of hydrogen-bond donors (Lipinski definition) is 4. The van der Waals surface area contributed by atoms with Crippen LogP contribution in [0, 0.1) is 105 Å². The molecule has 16 bridgehead atoms. The third kappa shape index (κ3) is 15.6. The molecule has 18 rings (SSSR count). The van der Waals surface area contributed by atoms with Crippen LogP contribution in [0.5, 0.6) is 0 Å². The van der Waals surface area contributed by atoms with E-state index in [4.69, 9.17) is 19.9 Å². The summed E-state index contributed by atoms with van der Waals surface area (Å²) in [4.78, 5) is 37.7. The monoisotopic (exact) mass is 1570 g/mol. The number of hydrogen-bond acceptors (Lipinski definition) is 4. The summed E-state index contributed by atoms with van der Waals surface area (Å²) in [5.41, 5.74) is 43.5. The Balaban J connectivity index is 0.000000174. The summed E-state index contributed by atoms with van der Waals surface area (Å²) in [6.45, 7) is 40.3. The summed E-state index contributed by atoms with van der Waals surface area (Å²) in [6, 6.07) is 62.8. The standard InChI is InChI=1S/2C54H51N4.Fe/c2*1-32-30-33(2)48(34(3)31-32)52-46-28-26-44(57-46)50(36-14-18-38(19-15-36)53(4,5)6)42-24-22-40(55-42)49(35-12-10-11-13-35)41-23-25-43(56-41)51(45-27-29-47(52)58-45)37-16-20-39(21-17-37)54(7,8)9;/h2*10-31,55,58H,1-9H3;/q;;+2. The molecule has 580 valence electrons. The number of aromatic amines is 4. The predicted molar refractivity (Wildman–Crippen MR) is 493 cm³/mol. The topological polar surface area (TPSA) is 115 Å². The van der Waals surface area contributed by atoms with E-state index in [0.29, 0.717) is 0 Å². The van der Waals surface area contributed by atoms with Crippen molar-refractivity contribution in [3.05, 3.63) is 345 Å². The van der Waals surface area contributed by atoms with Crippen LogP contribution in [0.2, 0.25) is 0 Å². The largest absolute Gasteiger partial charge is 2.00 e. The zero-order valence-electron chi connectivity index (χ0n) is 70.5. The zero-order valence-corrected chi connectivity index (χ0v) is 71.7. The van der Waals surface area contributed by atoms with E-state index in [0.717, 1.165) is 168 Å². The van der Waals surface area contributed by atoms with Crippen LogP contribution in [0.25, 0.3) is 160 Å². The van der Waals surface area contributed by atoms with Gasteiger partial charge in [-0.25, -0.2) is 19.9 Å². The normalized spacial score (nSPS) is 14.4. The Kier molecular flexibility index (Phi) is 21.3. The first-order valence-electron chi connectivity index (χ1n) is 40.8. The number of rotatable bonds is 8. The Morgan fingerprint density at radius 3 is 0.598 bits per heavy atom. The van der Waals surface area contributed by atoms with E-state index >= 15 is 0 Å². The van der Waals surface area contributed by atoms with E-state index in [-0.39, 0.29) is 38.7 Å². The number of H-pyrrole nitrogens is 4. The molecule has 117 heavy (non-hydrogen) atoms. The molecule has 0 saturated heterocycles. The first kappa shape index (κ1) is 79.9. The fourth-order valence-electron chi connectivity index (χ4n) is 17.5. The van der Waals surface area contributed by atoms with Gasteiger partial charge in [-0.3, -0.25) is 0 Å². The third-order valence-electron chi connectivity index (χ3n) is 23.4. The maximum Gasteiger partial charge on any atom is 2.00 e. The fraction of sp³-hybridized carbons (Fsp3) is 0.204. The first-order valence-corrected chi connectivity index (χ1v) is 40.8. The van der Waals surface area contributed by atoms with E-state index in [2.05, 4.69) is 414 Å². The Bertz CT molecular complexity index is 5840. The molecule has 12 aromatic rings. The molecule has 6 aliphatic rings. The Labute approximate surface area is 703 Å². The van der Waals surface area contributed by atoms with Crippen molar-refractivity contribution < 1.29 is 17.1 Å². The Hall–Kier alpha value is -11.0. The molecular weight excluding hydrogens is 1470 g/mol. The van der Waals surface area contributed by atoms with Crippen LogP contribution in [0.1, 0.15) is 195 Å². The van der Waals surface area contributed by atoms with Crippen molar-refractivity contribution in [2.24, 2.45) is 0 Å². The van der Waals surface area contributed by atoms with Crippen LogP contribution in [0.15, 0.2) is 170 Å². The maximum atomic E-state index is 5.55. The fourth-order valence-corrected chi connectivity index (χ4v) is 17.5. The number of nitrogens with one attached hydrogen (secondary N) is 4. The van der Waals surface area contributed by atoms with Gasteiger partial charge in [0, 0.05) is 100 Å². The van der Waals surface area contributed by atoms with Crippen LogP contribution < -0.4 is 0 Å². The molecule has 6 aromatic heterocycles. The smallest absolute Gasteiger partial charge is 0.355 e. The van der Waals surface area contributed by atoms with Gasteiger partial charge in [-0.05, 0) is 290 Å². The number of benzene rings is 6. The number of nitrogens with zero attached hydrogens (tertiary/aromatic N) is 4. The van der Waals surface area contributed by atoms with Crippen molar-refractivity contribution >= 4 is 92.7 Å². The molecule has 6 aromatic carbocycles. The van der Waals surface area contributed by atoms with E-state index in [9.17, 15) is 0 Å². The SMILES string of the molecule is Cc1cc(C)c(-c2c3nc(c(-c4ccc(C(C)(C)C)cc4)c4ccc([nH]4)c([C]4[CH][CH][CH][CH]4)c4nc(c(-c5ccc(C(C)(C)C)cc5)c5ccc2[nH]5)C=C4)C=C3)c(C)c1.Cc1cc(C)c(-c2c3nc(c(-c4ccc(C(C)(C)C)cc4)c4ccc([nH]4)c([C]4[CH][CH][CH][CH]4)c4nc(c(-c5ccc(C(C)(C)C)cc5)c5ccc2[nH]5)C=C4)C=C3)c(C)c1.[Fe+2]. The Morgan fingerprint density at radius 2 is 0.393 bits per heavy atom. The van der Waals surface area contributed by atoms with E-state index < -0.39 is 0 Å². The van der Waals surface area contributed by atoms with Crippen molar-refractivity contribution in [1.82, 2.24) is 39.9 Å².